The van der Waals surface area contributed by atoms with Crippen LogP contribution >= 0.6 is 0 Å². The Kier molecular flexibility index (Phi) is 5.65. The van der Waals surface area contributed by atoms with Crippen molar-refractivity contribution in [2.24, 2.45) is 0 Å². The monoisotopic (exact) mass is 407 g/mol. The second kappa shape index (κ2) is 8.52. The van der Waals surface area contributed by atoms with E-state index in [0.717, 1.165) is 5.56 Å². The Morgan fingerprint density at radius 1 is 1.20 bits per heavy atom. The molecule has 0 saturated carbocycles. The van der Waals surface area contributed by atoms with Crippen LogP contribution in [0.2, 0.25) is 0 Å². The Balaban J connectivity index is 1.52. The molecule has 2 aromatic rings. The number of anilines is 2. The molecule has 1 unspecified atom stereocenters. The lowest BCUT2D eigenvalue weighted by Gasteiger charge is -2.30. The average Bonchev–Trinajstić information content (AvgIpc) is 2.92. The molecule has 0 bridgehead atoms. The van der Waals surface area contributed by atoms with Crippen molar-refractivity contribution in [3.05, 3.63) is 53.7 Å². The highest BCUT2D eigenvalue weighted by Gasteiger charge is 2.27. The fraction of sp³-hybridized carbons (Fsp3) is 0.364. The zero-order chi connectivity index (χ0) is 21.1. The van der Waals surface area contributed by atoms with Crippen LogP contribution in [-0.4, -0.2) is 53.8 Å². The molecule has 156 valence electrons. The van der Waals surface area contributed by atoms with E-state index in [1.165, 1.54) is 6.20 Å². The first-order chi connectivity index (χ1) is 14.5. The fourth-order valence-electron chi connectivity index (χ4n) is 3.77. The van der Waals surface area contributed by atoms with Crippen molar-refractivity contribution >= 4 is 29.2 Å². The lowest BCUT2D eigenvalue weighted by Crippen LogP contribution is -2.40. The third-order valence-corrected chi connectivity index (χ3v) is 5.59. The maximum Gasteiger partial charge on any atom is 0.253 e. The van der Waals surface area contributed by atoms with E-state index in [4.69, 9.17) is 0 Å². The molecule has 1 fully saturated rings. The Morgan fingerprint density at radius 3 is 2.80 bits per heavy atom. The number of nitrogens with zero attached hydrogens (tertiary/aromatic N) is 3. The standard InChI is InChI=1S/C22H25N5O3/c1-26-10-9-17(7-8-19(26)28)25-22(30)16-11-18-21(23-12-16)24-13-20(29)27(18)14-15-5-3-2-4-6-15/h2-6,11-12,17H,7-10,13-14H2,1H3,(H,23,24)(H,25,30). The van der Waals surface area contributed by atoms with E-state index in [1.54, 1.807) is 22.9 Å². The van der Waals surface area contributed by atoms with Crippen molar-refractivity contribution in [2.45, 2.75) is 31.8 Å². The van der Waals surface area contributed by atoms with Crippen LogP contribution in [0.25, 0.3) is 0 Å². The molecule has 1 aromatic carbocycles. The number of aromatic nitrogens is 1. The minimum atomic E-state index is -0.245. The quantitative estimate of drug-likeness (QED) is 0.806. The highest BCUT2D eigenvalue weighted by atomic mass is 16.2. The normalized spacial score (nSPS) is 19.0. The van der Waals surface area contributed by atoms with Gasteiger partial charge in [0, 0.05) is 32.3 Å². The molecule has 1 atom stereocenters. The van der Waals surface area contributed by atoms with Gasteiger partial charge in [-0.2, -0.15) is 0 Å². The summed E-state index contributed by atoms with van der Waals surface area (Å²) in [6, 6.07) is 11.4. The van der Waals surface area contributed by atoms with Crippen LogP contribution in [0, 0.1) is 0 Å². The lowest BCUT2D eigenvalue weighted by atomic mass is 10.1. The molecule has 1 aromatic heterocycles. The van der Waals surface area contributed by atoms with Crippen LogP contribution in [0.3, 0.4) is 0 Å². The van der Waals surface area contributed by atoms with Crippen molar-refractivity contribution < 1.29 is 14.4 Å². The summed E-state index contributed by atoms with van der Waals surface area (Å²) in [6.45, 7) is 1.20. The van der Waals surface area contributed by atoms with E-state index in [0.29, 0.717) is 49.4 Å². The van der Waals surface area contributed by atoms with Crippen LogP contribution in [-0.2, 0) is 16.1 Å². The molecule has 1 saturated heterocycles. The number of carbonyl (C=O) groups excluding carboxylic acids is 3. The number of likely N-dealkylation sites (tertiary alicyclic amines) is 1. The first-order valence-corrected chi connectivity index (χ1v) is 10.1. The van der Waals surface area contributed by atoms with Crippen molar-refractivity contribution in [2.75, 3.05) is 30.4 Å². The highest BCUT2D eigenvalue weighted by molar-refractivity contribution is 6.04. The van der Waals surface area contributed by atoms with Gasteiger partial charge in [-0.05, 0) is 24.5 Å². The van der Waals surface area contributed by atoms with Crippen LogP contribution < -0.4 is 15.5 Å². The van der Waals surface area contributed by atoms with Gasteiger partial charge in [-0.1, -0.05) is 30.3 Å². The molecule has 30 heavy (non-hydrogen) atoms. The number of fused-ring (bicyclic) bond motifs is 1. The number of nitrogens with one attached hydrogen (secondary N) is 2. The molecular formula is C22H25N5O3. The second-order valence-corrected chi connectivity index (χ2v) is 7.72. The summed E-state index contributed by atoms with van der Waals surface area (Å²) in [5, 5.41) is 6.03. The zero-order valence-electron chi connectivity index (χ0n) is 16.9. The van der Waals surface area contributed by atoms with E-state index in [2.05, 4.69) is 15.6 Å². The number of carbonyl (C=O) groups is 3. The van der Waals surface area contributed by atoms with Gasteiger partial charge in [0.15, 0.2) is 5.82 Å². The summed E-state index contributed by atoms with van der Waals surface area (Å²) in [6.07, 6.45) is 3.28. The van der Waals surface area contributed by atoms with Crippen LogP contribution in [0.4, 0.5) is 11.5 Å². The summed E-state index contributed by atoms with van der Waals surface area (Å²) in [5.41, 5.74) is 1.99. The first-order valence-electron chi connectivity index (χ1n) is 10.1. The third kappa shape index (κ3) is 4.27. The summed E-state index contributed by atoms with van der Waals surface area (Å²) in [7, 11) is 1.78. The molecule has 3 heterocycles. The predicted octanol–water partition coefficient (Wildman–Crippen LogP) is 1.78. The largest absolute Gasteiger partial charge is 0.359 e. The van der Waals surface area contributed by atoms with Crippen molar-refractivity contribution in [1.29, 1.82) is 0 Å². The van der Waals surface area contributed by atoms with Gasteiger partial charge >= 0.3 is 0 Å². The Bertz CT molecular complexity index is 963. The maximum absolute atomic E-state index is 12.8. The van der Waals surface area contributed by atoms with E-state index in [-0.39, 0.29) is 30.3 Å². The summed E-state index contributed by atoms with van der Waals surface area (Å²) in [5.74, 6) is 0.369. The molecule has 3 amide bonds. The van der Waals surface area contributed by atoms with Gasteiger partial charge in [0.1, 0.15) is 0 Å². The molecule has 8 heteroatoms. The maximum atomic E-state index is 12.8. The SMILES string of the molecule is CN1CCC(NC(=O)c2cnc3c(c2)N(Cc2ccccc2)C(=O)CN3)CCC1=O. The Morgan fingerprint density at radius 2 is 2.00 bits per heavy atom. The fourth-order valence-corrected chi connectivity index (χ4v) is 3.77. The number of amides is 3. The molecule has 0 spiro atoms. The molecular weight excluding hydrogens is 382 g/mol. The number of hydrogen-bond donors (Lipinski definition) is 2. The van der Waals surface area contributed by atoms with Crippen molar-refractivity contribution in [3.63, 3.8) is 0 Å². The Hall–Kier alpha value is -3.42. The van der Waals surface area contributed by atoms with E-state index in [9.17, 15) is 14.4 Å². The highest BCUT2D eigenvalue weighted by Crippen LogP contribution is 2.30. The van der Waals surface area contributed by atoms with Gasteiger partial charge in [0.2, 0.25) is 11.8 Å². The molecule has 2 aliphatic heterocycles. The van der Waals surface area contributed by atoms with Gasteiger partial charge in [0.05, 0.1) is 24.3 Å². The van der Waals surface area contributed by atoms with Crippen LogP contribution in [0.1, 0.15) is 35.2 Å². The summed E-state index contributed by atoms with van der Waals surface area (Å²) in [4.78, 5) is 45.0. The van der Waals surface area contributed by atoms with Gasteiger partial charge in [-0.3, -0.25) is 14.4 Å². The minimum Gasteiger partial charge on any atom is -0.359 e. The average molecular weight is 407 g/mol. The molecule has 2 aliphatic rings. The van der Waals surface area contributed by atoms with E-state index >= 15 is 0 Å². The number of hydrogen-bond acceptors (Lipinski definition) is 5. The summed E-state index contributed by atoms with van der Waals surface area (Å²) < 4.78 is 0. The second-order valence-electron chi connectivity index (χ2n) is 7.72. The topological polar surface area (TPSA) is 94.6 Å². The smallest absolute Gasteiger partial charge is 0.253 e. The first kappa shape index (κ1) is 19.9. The van der Waals surface area contributed by atoms with Crippen LogP contribution in [0.5, 0.6) is 0 Å². The zero-order valence-corrected chi connectivity index (χ0v) is 16.9. The third-order valence-electron chi connectivity index (χ3n) is 5.59. The van der Waals surface area contributed by atoms with Gasteiger partial charge in [0.25, 0.3) is 5.91 Å². The van der Waals surface area contributed by atoms with Gasteiger partial charge in [-0.15, -0.1) is 0 Å². The molecule has 8 nitrogen and oxygen atoms in total. The lowest BCUT2D eigenvalue weighted by molar-refractivity contribution is -0.129. The summed E-state index contributed by atoms with van der Waals surface area (Å²) >= 11 is 0. The number of benzene rings is 1. The molecule has 0 aliphatic carbocycles. The van der Waals surface area contributed by atoms with Crippen molar-refractivity contribution in [1.82, 2.24) is 15.2 Å². The van der Waals surface area contributed by atoms with Crippen molar-refractivity contribution in [3.8, 4) is 0 Å². The number of rotatable bonds is 4. The van der Waals surface area contributed by atoms with Crippen LogP contribution in [0.15, 0.2) is 42.6 Å². The van der Waals surface area contributed by atoms with E-state index in [1.807, 2.05) is 30.3 Å². The predicted molar refractivity (Wildman–Crippen MR) is 113 cm³/mol. The molecule has 4 rings (SSSR count). The van der Waals surface area contributed by atoms with E-state index < -0.39 is 0 Å². The number of pyridine rings is 1. The molecule has 0 radical (unpaired) electrons. The Labute approximate surface area is 175 Å². The minimum absolute atomic E-state index is 0.0670. The van der Waals surface area contributed by atoms with Gasteiger partial charge < -0.3 is 20.4 Å². The molecule has 2 N–H and O–H groups in total. The van der Waals surface area contributed by atoms with Gasteiger partial charge in [-0.25, -0.2) is 4.98 Å².